The molecule has 0 aromatic carbocycles. The molecule has 0 aliphatic carbocycles. The summed E-state index contributed by atoms with van der Waals surface area (Å²) in [5.41, 5.74) is 3.44. The van der Waals surface area contributed by atoms with E-state index >= 15 is 0 Å². The van der Waals surface area contributed by atoms with E-state index in [1.807, 2.05) is 48.2 Å². The van der Waals surface area contributed by atoms with Gasteiger partial charge in [0.1, 0.15) is 5.69 Å². The third-order valence-electron chi connectivity index (χ3n) is 5.31. The minimum Gasteiger partial charge on any atom is -0.378 e. The highest BCUT2D eigenvalue weighted by Crippen LogP contribution is 2.22. The van der Waals surface area contributed by atoms with E-state index < -0.39 is 0 Å². The van der Waals surface area contributed by atoms with Crippen molar-refractivity contribution in [2.24, 2.45) is 0 Å². The van der Waals surface area contributed by atoms with Crippen molar-refractivity contribution in [2.75, 3.05) is 39.0 Å². The fraction of sp³-hybridized carbons (Fsp3) is 0.435. The third kappa shape index (κ3) is 5.79. The number of hydrogen-bond donors (Lipinski definition) is 2. The van der Waals surface area contributed by atoms with Gasteiger partial charge in [-0.3, -0.25) is 14.6 Å². The van der Waals surface area contributed by atoms with E-state index in [9.17, 15) is 9.59 Å². The first-order valence-electron chi connectivity index (χ1n) is 10.5. The second kappa shape index (κ2) is 10.2. The summed E-state index contributed by atoms with van der Waals surface area (Å²) in [6.07, 6.45) is 9.57. The Balaban J connectivity index is 1.61. The van der Waals surface area contributed by atoms with Gasteiger partial charge in [-0.2, -0.15) is 0 Å². The van der Waals surface area contributed by atoms with Crippen molar-refractivity contribution in [2.45, 2.75) is 32.2 Å². The second-order valence-electron chi connectivity index (χ2n) is 7.93. The van der Waals surface area contributed by atoms with Gasteiger partial charge in [-0.25, -0.2) is 0 Å². The monoisotopic (exact) mass is 409 g/mol. The number of aromatic amines is 1. The van der Waals surface area contributed by atoms with E-state index in [1.54, 1.807) is 18.5 Å². The number of hydrogen-bond acceptors (Lipinski definition) is 5. The highest BCUT2D eigenvalue weighted by atomic mass is 16.2. The van der Waals surface area contributed by atoms with Gasteiger partial charge in [0.05, 0.1) is 0 Å². The van der Waals surface area contributed by atoms with Crippen LogP contribution in [0.25, 0.3) is 11.1 Å². The number of aromatic nitrogens is 2. The van der Waals surface area contributed by atoms with Crippen LogP contribution in [0.5, 0.6) is 0 Å². The molecule has 7 nitrogen and oxygen atoms in total. The molecule has 160 valence electrons. The van der Waals surface area contributed by atoms with Crippen LogP contribution >= 0.6 is 0 Å². The number of nitrogens with zero attached hydrogens (tertiary/aromatic N) is 3. The maximum Gasteiger partial charge on any atom is 0.271 e. The van der Waals surface area contributed by atoms with Gasteiger partial charge in [-0.05, 0) is 57.1 Å². The topological polar surface area (TPSA) is 81.3 Å². The van der Waals surface area contributed by atoms with Crippen LogP contribution in [-0.4, -0.2) is 65.4 Å². The zero-order valence-electron chi connectivity index (χ0n) is 18.0. The highest BCUT2D eigenvalue weighted by Gasteiger charge is 2.22. The molecule has 1 aliphatic rings. The van der Waals surface area contributed by atoms with Gasteiger partial charge in [0.2, 0.25) is 5.91 Å². The quantitative estimate of drug-likeness (QED) is 0.687. The number of piperidine rings is 1. The number of amides is 1. The largest absolute Gasteiger partial charge is 0.378 e. The average molecular weight is 410 g/mol. The number of pyridine rings is 2. The number of rotatable bonds is 7. The summed E-state index contributed by atoms with van der Waals surface area (Å²) in [6.45, 7) is 4.19. The summed E-state index contributed by atoms with van der Waals surface area (Å²) in [5.74, 6) is 0.0551. The lowest BCUT2D eigenvalue weighted by Crippen LogP contribution is -2.42. The Morgan fingerprint density at radius 3 is 2.77 bits per heavy atom. The Morgan fingerprint density at radius 1 is 1.30 bits per heavy atom. The Morgan fingerprint density at radius 2 is 2.07 bits per heavy atom. The first kappa shape index (κ1) is 21.8. The maximum atomic E-state index is 12.3. The molecular formula is C23H31N5O2. The van der Waals surface area contributed by atoms with Crippen LogP contribution in [0.2, 0.25) is 0 Å². The molecule has 0 radical (unpaired) electrons. The smallest absolute Gasteiger partial charge is 0.271 e. The average Bonchev–Trinajstić information content (AvgIpc) is 2.75. The molecule has 30 heavy (non-hydrogen) atoms. The molecule has 1 fully saturated rings. The molecule has 0 saturated carbocycles. The van der Waals surface area contributed by atoms with E-state index in [2.05, 4.69) is 22.2 Å². The van der Waals surface area contributed by atoms with E-state index in [0.29, 0.717) is 18.8 Å². The molecular weight excluding hydrogens is 378 g/mol. The lowest BCUT2D eigenvalue weighted by atomic mass is 10.0. The van der Waals surface area contributed by atoms with Crippen LogP contribution in [0.1, 0.15) is 25.5 Å². The summed E-state index contributed by atoms with van der Waals surface area (Å²) in [7, 11) is 3.94. The molecule has 0 unspecified atom stereocenters. The van der Waals surface area contributed by atoms with Crippen molar-refractivity contribution in [1.82, 2.24) is 19.8 Å². The van der Waals surface area contributed by atoms with Gasteiger partial charge in [0.25, 0.3) is 5.56 Å². The molecule has 0 atom stereocenters. The number of likely N-dealkylation sites (tertiary alicyclic amines) is 1. The van der Waals surface area contributed by atoms with Crippen LogP contribution in [0.3, 0.4) is 0 Å². The van der Waals surface area contributed by atoms with E-state index in [1.165, 1.54) is 0 Å². The first-order chi connectivity index (χ1) is 14.5. The number of carbonyl (C=O) groups excluding carboxylic acids is 1. The maximum absolute atomic E-state index is 12.3. The first-order valence-corrected chi connectivity index (χ1v) is 10.5. The minimum atomic E-state index is -0.131. The molecule has 3 rings (SSSR count). The minimum absolute atomic E-state index is 0.0551. The number of carbonyl (C=O) groups is 1. The van der Waals surface area contributed by atoms with Crippen molar-refractivity contribution in [1.29, 1.82) is 0 Å². The number of likely N-dealkylation sites (N-methyl/N-ethyl adjacent to an activating group) is 1. The molecule has 2 aromatic heterocycles. The summed E-state index contributed by atoms with van der Waals surface area (Å²) in [5, 5.41) is 3.38. The van der Waals surface area contributed by atoms with Crippen molar-refractivity contribution in [3.05, 3.63) is 58.8 Å². The standard InChI is InChI=1S/C23H31N5O2/c1-4-19-14-17(7-10-24-19)18-15-21(23(30)25-16-18)26-20-8-12-28(13-9-20)22(29)6-5-11-27(2)3/h5-7,10,14-16,20,26H,4,8-9,11-13H2,1-3H3,(H,25,30)/b6-5+. The zero-order chi connectivity index (χ0) is 21.5. The molecule has 1 saturated heterocycles. The molecule has 1 amide bonds. The van der Waals surface area contributed by atoms with Crippen molar-refractivity contribution >= 4 is 11.6 Å². The SMILES string of the molecule is CCc1cc(-c2c[nH]c(=O)c(NC3CCN(C(=O)/C=C/CN(C)C)CC3)c2)ccn1. The zero-order valence-corrected chi connectivity index (χ0v) is 18.0. The molecule has 0 bridgehead atoms. The van der Waals surface area contributed by atoms with E-state index in [-0.39, 0.29) is 17.5 Å². The number of aryl methyl sites for hydroxylation is 1. The number of nitrogens with one attached hydrogen (secondary N) is 2. The van der Waals surface area contributed by atoms with Gasteiger partial charge in [0.15, 0.2) is 0 Å². The van der Waals surface area contributed by atoms with Crippen molar-refractivity contribution in [3.63, 3.8) is 0 Å². The summed E-state index contributed by atoms with van der Waals surface area (Å²) >= 11 is 0. The number of anilines is 1. The highest BCUT2D eigenvalue weighted by molar-refractivity contribution is 5.87. The van der Waals surface area contributed by atoms with Gasteiger partial charge in [-0.15, -0.1) is 0 Å². The van der Waals surface area contributed by atoms with Crippen LogP contribution in [0.4, 0.5) is 5.69 Å². The molecule has 2 aromatic rings. The Bertz CT molecular complexity index is 943. The predicted molar refractivity (Wildman–Crippen MR) is 121 cm³/mol. The van der Waals surface area contributed by atoms with Gasteiger partial charge in [-0.1, -0.05) is 13.0 Å². The van der Waals surface area contributed by atoms with Crippen LogP contribution in [-0.2, 0) is 11.2 Å². The molecule has 7 heteroatoms. The molecule has 2 N–H and O–H groups in total. The number of H-pyrrole nitrogens is 1. The predicted octanol–water partition coefficient (Wildman–Crippen LogP) is 2.52. The Hall–Kier alpha value is -2.93. The lowest BCUT2D eigenvalue weighted by molar-refractivity contribution is -0.126. The second-order valence-corrected chi connectivity index (χ2v) is 7.93. The normalized spacial score (nSPS) is 15.1. The van der Waals surface area contributed by atoms with Gasteiger partial charge >= 0.3 is 0 Å². The van der Waals surface area contributed by atoms with Gasteiger partial charge < -0.3 is 20.1 Å². The summed E-state index contributed by atoms with van der Waals surface area (Å²) < 4.78 is 0. The molecule has 0 spiro atoms. The van der Waals surface area contributed by atoms with E-state index in [4.69, 9.17) is 0 Å². The Kier molecular flexibility index (Phi) is 7.41. The fourth-order valence-electron chi connectivity index (χ4n) is 3.54. The van der Waals surface area contributed by atoms with Gasteiger partial charge in [0, 0.05) is 55.4 Å². The molecule has 1 aliphatic heterocycles. The Labute approximate surface area is 177 Å². The van der Waals surface area contributed by atoms with Crippen LogP contribution < -0.4 is 10.9 Å². The van der Waals surface area contributed by atoms with Crippen LogP contribution in [0, 0.1) is 0 Å². The lowest BCUT2D eigenvalue weighted by Gasteiger charge is -2.32. The summed E-state index contributed by atoms with van der Waals surface area (Å²) in [6, 6.07) is 6.06. The third-order valence-corrected chi connectivity index (χ3v) is 5.31. The summed E-state index contributed by atoms with van der Waals surface area (Å²) in [4.78, 5) is 35.7. The van der Waals surface area contributed by atoms with Crippen molar-refractivity contribution in [3.8, 4) is 11.1 Å². The van der Waals surface area contributed by atoms with E-state index in [0.717, 1.165) is 42.6 Å². The van der Waals surface area contributed by atoms with Crippen LogP contribution in [0.15, 0.2) is 47.5 Å². The fourth-order valence-corrected chi connectivity index (χ4v) is 3.54. The molecule has 3 heterocycles. The van der Waals surface area contributed by atoms with Crippen molar-refractivity contribution < 1.29 is 4.79 Å².